The Balaban J connectivity index is 1.79. The highest BCUT2D eigenvalue weighted by atomic mass is 19.1. The number of nitrogens with one attached hydrogen (secondary N) is 1. The van der Waals surface area contributed by atoms with E-state index in [1.165, 1.54) is 36.9 Å². The molecule has 0 unspecified atom stereocenters. The summed E-state index contributed by atoms with van der Waals surface area (Å²) in [7, 11) is 0. The molecule has 3 N–H and O–H groups in total. The number of nitrogen functional groups attached to an aromatic ring is 1. The Kier molecular flexibility index (Phi) is 4.33. The Labute approximate surface area is 137 Å². The van der Waals surface area contributed by atoms with Gasteiger partial charge in [0.05, 0.1) is 12.4 Å². The van der Waals surface area contributed by atoms with Crippen molar-refractivity contribution in [2.75, 3.05) is 11.1 Å². The van der Waals surface area contributed by atoms with Gasteiger partial charge in [-0.15, -0.1) is 0 Å². The molecular formula is C17H13FN4O2. The third-order valence-electron chi connectivity index (χ3n) is 3.10. The van der Waals surface area contributed by atoms with Gasteiger partial charge in [0, 0.05) is 23.0 Å². The number of nitrogens with zero attached hydrogens (tertiary/aromatic N) is 2. The van der Waals surface area contributed by atoms with Crippen molar-refractivity contribution in [2.24, 2.45) is 0 Å². The average molecular weight is 324 g/mol. The minimum Gasteiger partial charge on any atom is -0.451 e. The van der Waals surface area contributed by atoms with Crippen molar-refractivity contribution in [1.29, 1.82) is 0 Å². The zero-order valence-electron chi connectivity index (χ0n) is 12.4. The number of hydrogen-bond acceptors (Lipinski definition) is 5. The average Bonchev–Trinajstić information content (AvgIpc) is 2.59. The van der Waals surface area contributed by atoms with E-state index in [2.05, 4.69) is 15.3 Å². The van der Waals surface area contributed by atoms with Crippen LogP contribution in [0, 0.1) is 5.82 Å². The molecule has 0 spiro atoms. The lowest BCUT2D eigenvalue weighted by Crippen LogP contribution is -2.12. The number of anilines is 2. The number of ether oxygens (including phenoxy) is 1. The van der Waals surface area contributed by atoms with Gasteiger partial charge in [0.25, 0.3) is 5.91 Å². The second kappa shape index (κ2) is 6.74. The SMILES string of the molecule is Nc1cccc(C(=O)Nc2ccc(F)c(Oc3cncnc3)c2)c1. The monoisotopic (exact) mass is 324 g/mol. The summed E-state index contributed by atoms with van der Waals surface area (Å²) in [6, 6.07) is 10.6. The first-order valence-electron chi connectivity index (χ1n) is 7.01. The van der Waals surface area contributed by atoms with Crippen LogP contribution in [-0.4, -0.2) is 15.9 Å². The molecule has 120 valence electrons. The van der Waals surface area contributed by atoms with E-state index in [-0.39, 0.29) is 17.4 Å². The van der Waals surface area contributed by atoms with Crippen LogP contribution in [0.25, 0.3) is 0 Å². The molecule has 1 aromatic heterocycles. The summed E-state index contributed by atoms with van der Waals surface area (Å²) in [6.45, 7) is 0. The van der Waals surface area contributed by atoms with Gasteiger partial charge in [0.15, 0.2) is 17.3 Å². The normalized spacial score (nSPS) is 10.2. The van der Waals surface area contributed by atoms with Crippen molar-refractivity contribution in [3.05, 3.63) is 72.6 Å². The summed E-state index contributed by atoms with van der Waals surface area (Å²) in [6.07, 6.45) is 4.15. The van der Waals surface area contributed by atoms with Gasteiger partial charge in [-0.3, -0.25) is 4.79 Å². The smallest absolute Gasteiger partial charge is 0.255 e. The van der Waals surface area contributed by atoms with Gasteiger partial charge in [0.2, 0.25) is 0 Å². The Bertz CT molecular complexity index is 871. The second-order valence-corrected chi connectivity index (χ2v) is 4.90. The van der Waals surface area contributed by atoms with E-state index < -0.39 is 5.82 Å². The maximum atomic E-state index is 13.9. The van der Waals surface area contributed by atoms with Crippen LogP contribution in [0.15, 0.2) is 61.2 Å². The quantitative estimate of drug-likeness (QED) is 0.719. The number of carbonyl (C=O) groups excluding carboxylic acids is 1. The summed E-state index contributed by atoms with van der Waals surface area (Å²) in [5.41, 5.74) is 6.93. The van der Waals surface area contributed by atoms with Crippen LogP contribution in [0.4, 0.5) is 15.8 Å². The van der Waals surface area contributed by atoms with Gasteiger partial charge in [0.1, 0.15) is 6.33 Å². The minimum atomic E-state index is -0.569. The van der Waals surface area contributed by atoms with E-state index in [1.807, 2.05) is 0 Å². The van der Waals surface area contributed by atoms with Crippen LogP contribution < -0.4 is 15.8 Å². The molecule has 0 aliphatic heterocycles. The van der Waals surface area contributed by atoms with E-state index in [0.717, 1.165) is 0 Å². The first kappa shape index (κ1) is 15.4. The molecular weight excluding hydrogens is 311 g/mol. The Morgan fingerprint density at radius 2 is 1.92 bits per heavy atom. The lowest BCUT2D eigenvalue weighted by molar-refractivity contribution is 0.102. The maximum Gasteiger partial charge on any atom is 0.255 e. The largest absolute Gasteiger partial charge is 0.451 e. The first-order chi connectivity index (χ1) is 11.6. The van der Waals surface area contributed by atoms with Gasteiger partial charge in [-0.25, -0.2) is 14.4 Å². The lowest BCUT2D eigenvalue weighted by Gasteiger charge is -2.10. The molecule has 3 rings (SSSR count). The summed E-state index contributed by atoms with van der Waals surface area (Å²) in [4.78, 5) is 19.8. The number of amides is 1. The Hall–Kier alpha value is -3.48. The molecule has 1 amide bonds. The number of aromatic nitrogens is 2. The molecule has 7 heteroatoms. The fourth-order valence-corrected chi connectivity index (χ4v) is 2.01. The minimum absolute atomic E-state index is 0.0461. The van der Waals surface area contributed by atoms with Crippen molar-refractivity contribution in [3.8, 4) is 11.5 Å². The number of rotatable bonds is 4. The molecule has 0 radical (unpaired) electrons. The van der Waals surface area contributed by atoms with Crippen molar-refractivity contribution < 1.29 is 13.9 Å². The lowest BCUT2D eigenvalue weighted by atomic mass is 10.2. The van der Waals surface area contributed by atoms with Crippen molar-refractivity contribution in [1.82, 2.24) is 9.97 Å². The summed E-state index contributed by atoms with van der Waals surface area (Å²) >= 11 is 0. The summed E-state index contributed by atoms with van der Waals surface area (Å²) in [5, 5.41) is 2.67. The van der Waals surface area contributed by atoms with Gasteiger partial charge >= 0.3 is 0 Å². The summed E-state index contributed by atoms with van der Waals surface area (Å²) in [5.74, 6) is -0.686. The standard InChI is InChI=1S/C17H13FN4O2/c18-15-5-4-13(7-16(15)24-14-8-20-10-21-9-14)22-17(23)11-2-1-3-12(19)6-11/h1-10H,19H2,(H,22,23). The number of nitrogens with two attached hydrogens (primary N) is 1. The highest BCUT2D eigenvalue weighted by Crippen LogP contribution is 2.27. The van der Waals surface area contributed by atoms with Gasteiger partial charge in [-0.05, 0) is 30.3 Å². The summed E-state index contributed by atoms with van der Waals surface area (Å²) < 4.78 is 19.3. The molecule has 2 aromatic carbocycles. The number of halogens is 1. The molecule has 0 atom stereocenters. The van der Waals surface area contributed by atoms with Crippen LogP contribution in [-0.2, 0) is 0 Å². The molecule has 0 saturated heterocycles. The van der Waals surface area contributed by atoms with Crippen LogP contribution in [0.3, 0.4) is 0 Å². The molecule has 0 saturated carbocycles. The highest BCUT2D eigenvalue weighted by Gasteiger charge is 2.10. The zero-order valence-corrected chi connectivity index (χ0v) is 12.4. The van der Waals surface area contributed by atoms with Gasteiger partial charge in [-0.2, -0.15) is 0 Å². The van der Waals surface area contributed by atoms with E-state index in [9.17, 15) is 9.18 Å². The van der Waals surface area contributed by atoms with Crippen molar-refractivity contribution in [2.45, 2.75) is 0 Å². The van der Waals surface area contributed by atoms with E-state index in [4.69, 9.17) is 10.5 Å². The highest BCUT2D eigenvalue weighted by molar-refractivity contribution is 6.04. The number of carbonyl (C=O) groups is 1. The van der Waals surface area contributed by atoms with Crippen LogP contribution in [0.2, 0.25) is 0 Å². The fraction of sp³-hybridized carbons (Fsp3) is 0. The molecule has 0 fully saturated rings. The van der Waals surface area contributed by atoms with Crippen LogP contribution in [0.5, 0.6) is 11.5 Å². The van der Waals surface area contributed by atoms with Crippen LogP contribution >= 0.6 is 0 Å². The third-order valence-corrected chi connectivity index (χ3v) is 3.10. The molecule has 0 aliphatic carbocycles. The zero-order chi connectivity index (χ0) is 16.9. The Morgan fingerprint density at radius 3 is 2.67 bits per heavy atom. The third kappa shape index (κ3) is 3.64. The first-order valence-corrected chi connectivity index (χ1v) is 7.01. The predicted molar refractivity (Wildman–Crippen MR) is 87.3 cm³/mol. The molecule has 24 heavy (non-hydrogen) atoms. The topological polar surface area (TPSA) is 90.1 Å². The number of benzene rings is 2. The fourth-order valence-electron chi connectivity index (χ4n) is 2.01. The van der Waals surface area contributed by atoms with Gasteiger partial charge in [-0.1, -0.05) is 6.07 Å². The predicted octanol–water partition coefficient (Wildman–Crippen LogP) is 3.24. The maximum absolute atomic E-state index is 13.9. The molecule has 0 aliphatic rings. The Morgan fingerprint density at radius 1 is 1.12 bits per heavy atom. The van der Waals surface area contributed by atoms with E-state index >= 15 is 0 Å². The molecule has 1 heterocycles. The molecule has 0 bridgehead atoms. The van der Waals surface area contributed by atoms with E-state index in [0.29, 0.717) is 16.9 Å². The molecule has 6 nitrogen and oxygen atoms in total. The van der Waals surface area contributed by atoms with Crippen molar-refractivity contribution >= 4 is 17.3 Å². The van der Waals surface area contributed by atoms with Gasteiger partial charge < -0.3 is 15.8 Å². The molecule has 3 aromatic rings. The van der Waals surface area contributed by atoms with Crippen molar-refractivity contribution in [3.63, 3.8) is 0 Å². The van der Waals surface area contributed by atoms with E-state index in [1.54, 1.807) is 24.3 Å². The number of hydrogen-bond donors (Lipinski definition) is 2. The van der Waals surface area contributed by atoms with Crippen LogP contribution in [0.1, 0.15) is 10.4 Å². The second-order valence-electron chi connectivity index (χ2n) is 4.90.